The first-order valence-corrected chi connectivity index (χ1v) is 12.9. The number of hydrogen-bond donors (Lipinski definition) is 1. The van der Waals surface area contributed by atoms with Crippen LogP contribution in [0, 0.1) is 18.6 Å². The van der Waals surface area contributed by atoms with Crippen LogP contribution in [0.5, 0.6) is 5.75 Å². The Morgan fingerprint density at radius 2 is 2.03 bits per heavy atom. The van der Waals surface area contributed by atoms with Gasteiger partial charge >= 0.3 is 0 Å². The molecule has 2 unspecified atom stereocenters. The zero-order valence-corrected chi connectivity index (χ0v) is 19.6. The van der Waals surface area contributed by atoms with Crippen LogP contribution in [0.15, 0.2) is 30.3 Å². The van der Waals surface area contributed by atoms with E-state index in [1.165, 1.54) is 18.2 Å². The summed E-state index contributed by atoms with van der Waals surface area (Å²) < 4.78 is 57.2. The van der Waals surface area contributed by atoms with Gasteiger partial charge in [-0.15, -0.1) is 0 Å². The van der Waals surface area contributed by atoms with Crippen molar-refractivity contribution in [3.05, 3.63) is 53.1 Å². The number of amides is 1. The van der Waals surface area contributed by atoms with E-state index >= 15 is 0 Å². The van der Waals surface area contributed by atoms with E-state index in [1.807, 2.05) is 11.9 Å². The SMILES string of the molecule is Cc1cc(-c2cc(F)cc3c2OC(CNC(=O)CCN(C)C2CCS(=O)(=O)C2)C3)ccc1F. The Morgan fingerprint density at radius 1 is 1.24 bits per heavy atom. The van der Waals surface area contributed by atoms with Gasteiger partial charge in [0.2, 0.25) is 5.91 Å². The number of nitrogens with zero attached hydrogens (tertiary/aromatic N) is 1. The molecule has 0 saturated carbocycles. The number of carbonyl (C=O) groups is 1. The van der Waals surface area contributed by atoms with Crippen molar-refractivity contribution in [1.29, 1.82) is 0 Å². The largest absolute Gasteiger partial charge is 0.487 e. The lowest BCUT2D eigenvalue weighted by atomic mass is 9.99. The highest BCUT2D eigenvalue weighted by molar-refractivity contribution is 7.91. The molecule has 33 heavy (non-hydrogen) atoms. The summed E-state index contributed by atoms with van der Waals surface area (Å²) in [7, 11) is -1.13. The summed E-state index contributed by atoms with van der Waals surface area (Å²) in [5.41, 5.74) is 2.42. The van der Waals surface area contributed by atoms with Gasteiger partial charge in [0.05, 0.1) is 18.1 Å². The quantitative estimate of drug-likeness (QED) is 0.663. The molecule has 0 aromatic heterocycles. The summed E-state index contributed by atoms with van der Waals surface area (Å²) >= 11 is 0. The molecular weight excluding hydrogens is 450 g/mol. The monoisotopic (exact) mass is 478 g/mol. The average Bonchev–Trinajstić information content (AvgIpc) is 3.34. The van der Waals surface area contributed by atoms with Crippen LogP contribution in [-0.4, -0.2) is 63.0 Å². The highest BCUT2D eigenvalue weighted by Crippen LogP contribution is 2.40. The molecule has 0 bridgehead atoms. The predicted molar refractivity (Wildman–Crippen MR) is 122 cm³/mol. The molecule has 0 aliphatic carbocycles. The molecule has 2 heterocycles. The molecule has 0 radical (unpaired) electrons. The van der Waals surface area contributed by atoms with Crippen LogP contribution in [0.3, 0.4) is 0 Å². The van der Waals surface area contributed by atoms with Gasteiger partial charge in [-0.25, -0.2) is 17.2 Å². The van der Waals surface area contributed by atoms with E-state index in [0.29, 0.717) is 47.4 Å². The summed E-state index contributed by atoms with van der Waals surface area (Å²) in [4.78, 5) is 14.2. The number of aryl methyl sites for hydroxylation is 1. The molecule has 1 fully saturated rings. The van der Waals surface area contributed by atoms with Crippen molar-refractivity contribution >= 4 is 15.7 Å². The van der Waals surface area contributed by atoms with Gasteiger partial charge in [-0.1, -0.05) is 6.07 Å². The van der Waals surface area contributed by atoms with Crippen molar-refractivity contribution in [3.8, 4) is 16.9 Å². The maximum absolute atomic E-state index is 14.2. The Labute approximate surface area is 192 Å². The number of hydrogen-bond acceptors (Lipinski definition) is 5. The second-order valence-corrected chi connectivity index (χ2v) is 11.2. The Morgan fingerprint density at radius 3 is 2.73 bits per heavy atom. The van der Waals surface area contributed by atoms with Crippen molar-refractivity contribution in [2.75, 3.05) is 31.6 Å². The number of sulfone groups is 1. The fourth-order valence-corrected chi connectivity index (χ4v) is 6.24. The third-order valence-corrected chi connectivity index (χ3v) is 8.13. The minimum absolute atomic E-state index is 0.0427. The minimum atomic E-state index is -2.96. The number of halogens is 2. The van der Waals surface area contributed by atoms with E-state index < -0.39 is 15.7 Å². The van der Waals surface area contributed by atoms with Gasteiger partial charge in [-0.05, 0) is 55.8 Å². The van der Waals surface area contributed by atoms with E-state index in [4.69, 9.17) is 4.74 Å². The highest BCUT2D eigenvalue weighted by atomic mass is 32.2. The van der Waals surface area contributed by atoms with Crippen molar-refractivity contribution in [2.45, 2.75) is 38.3 Å². The molecular formula is C24H28F2N2O4S. The van der Waals surface area contributed by atoms with Gasteiger partial charge in [0.15, 0.2) is 9.84 Å². The zero-order valence-electron chi connectivity index (χ0n) is 18.7. The molecule has 1 N–H and O–H groups in total. The van der Waals surface area contributed by atoms with Gasteiger partial charge < -0.3 is 15.0 Å². The van der Waals surface area contributed by atoms with Crippen LogP contribution in [-0.2, 0) is 21.1 Å². The lowest BCUT2D eigenvalue weighted by Gasteiger charge is -2.22. The van der Waals surface area contributed by atoms with E-state index in [1.54, 1.807) is 19.1 Å². The third-order valence-electron chi connectivity index (χ3n) is 6.38. The van der Waals surface area contributed by atoms with Crippen LogP contribution in [0.1, 0.15) is 24.0 Å². The average molecular weight is 479 g/mol. The van der Waals surface area contributed by atoms with Crippen LogP contribution in [0.2, 0.25) is 0 Å². The van der Waals surface area contributed by atoms with E-state index in [0.717, 1.165) is 0 Å². The maximum atomic E-state index is 14.2. The van der Waals surface area contributed by atoms with Crippen molar-refractivity contribution in [1.82, 2.24) is 10.2 Å². The predicted octanol–water partition coefficient (Wildman–Crippen LogP) is 2.87. The van der Waals surface area contributed by atoms with Crippen molar-refractivity contribution < 1.29 is 26.7 Å². The third kappa shape index (κ3) is 5.52. The molecule has 2 aliphatic rings. The second kappa shape index (κ2) is 9.38. The maximum Gasteiger partial charge on any atom is 0.221 e. The first-order valence-electron chi connectivity index (χ1n) is 11.0. The summed E-state index contributed by atoms with van der Waals surface area (Å²) in [5.74, 6) is 0.0377. The van der Waals surface area contributed by atoms with Gasteiger partial charge in [-0.2, -0.15) is 0 Å². The lowest BCUT2D eigenvalue weighted by Crippen LogP contribution is -2.38. The first kappa shape index (κ1) is 23.6. The molecule has 2 atom stereocenters. The molecule has 178 valence electrons. The Hall–Kier alpha value is -2.52. The summed E-state index contributed by atoms with van der Waals surface area (Å²) in [6.45, 7) is 2.40. The van der Waals surface area contributed by atoms with Crippen LogP contribution < -0.4 is 10.1 Å². The summed E-state index contributed by atoms with van der Waals surface area (Å²) in [5, 5.41) is 2.86. The van der Waals surface area contributed by atoms with Gasteiger partial charge in [0, 0.05) is 36.6 Å². The Balaban J connectivity index is 1.33. The lowest BCUT2D eigenvalue weighted by molar-refractivity contribution is -0.121. The molecule has 2 aromatic carbocycles. The normalized spacial score (nSPS) is 21.1. The fraction of sp³-hybridized carbons (Fsp3) is 0.458. The molecule has 2 aliphatic heterocycles. The van der Waals surface area contributed by atoms with Gasteiger partial charge in [0.1, 0.15) is 23.5 Å². The zero-order chi connectivity index (χ0) is 23.8. The number of benzene rings is 2. The van der Waals surface area contributed by atoms with Crippen LogP contribution in [0.25, 0.3) is 11.1 Å². The molecule has 1 amide bonds. The van der Waals surface area contributed by atoms with Crippen molar-refractivity contribution in [3.63, 3.8) is 0 Å². The smallest absolute Gasteiger partial charge is 0.221 e. The molecule has 6 nitrogen and oxygen atoms in total. The molecule has 0 spiro atoms. The minimum Gasteiger partial charge on any atom is -0.487 e. The number of rotatable bonds is 7. The van der Waals surface area contributed by atoms with Gasteiger partial charge in [-0.3, -0.25) is 4.79 Å². The molecule has 9 heteroatoms. The Kier molecular flexibility index (Phi) is 6.72. The van der Waals surface area contributed by atoms with E-state index in [-0.39, 0.29) is 48.3 Å². The second-order valence-electron chi connectivity index (χ2n) is 8.94. The molecule has 4 rings (SSSR count). The fourth-order valence-electron chi connectivity index (χ4n) is 4.43. The highest BCUT2D eigenvalue weighted by Gasteiger charge is 2.31. The first-order chi connectivity index (χ1) is 15.6. The van der Waals surface area contributed by atoms with E-state index in [2.05, 4.69) is 5.32 Å². The Bertz CT molecular complexity index is 1170. The number of nitrogens with one attached hydrogen (secondary N) is 1. The summed E-state index contributed by atoms with van der Waals surface area (Å²) in [6, 6.07) is 7.38. The number of carbonyl (C=O) groups excluding carboxylic acids is 1. The number of fused-ring (bicyclic) bond motifs is 1. The van der Waals surface area contributed by atoms with Gasteiger partial charge in [0.25, 0.3) is 0 Å². The standard InChI is InChI=1S/C24H28F2N2O4S/c1-15-9-16(3-4-22(15)26)21-12-18(25)10-17-11-20(32-24(17)21)13-27-23(29)5-7-28(2)19-6-8-33(30,31)14-19/h3-4,9-10,12,19-20H,5-8,11,13-14H2,1-2H3,(H,27,29). The van der Waals surface area contributed by atoms with Crippen LogP contribution in [0.4, 0.5) is 8.78 Å². The topological polar surface area (TPSA) is 75.7 Å². The van der Waals surface area contributed by atoms with Crippen molar-refractivity contribution in [2.24, 2.45) is 0 Å². The van der Waals surface area contributed by atoms with E-state index in [9.17, 15) is 22.0 Å². The van der Waals surface area contributed by atoms with Crippen LogP contribution >= 0.6 is 0 Å². The number of ether oxygens (including phenoxy) is 1. The molecule has 2 aromatic rings. The summed E-state index contributed by atoms with van der Waals surface area (Å²) in [6.07, 6.45) is 0.979. The molecule has 1 saturated heterocycles.